The van der Waals surface area contributed by atoms with Crippen LogP contribution in [0.2, 0.25) is 0 Å². The Morgan fingerprint density at radius 1 is 1.21 bits per heavy atom. The van der Waals surface area contributed by atoms with Crippen molar-refractivity contribution in [1.82, 2.24) is 4.90 Å². The fourth-order valence-corrected chi connectivity index (χ4v) is 2.35. The molecule has 6 nitrogen and oxygen atoms in total. The number of para-hydroxylation sites is 1. The highest BCUT2D eigenvalue weighted by molar-refractivity contribution is 5.74. The van der Waals surface area contributed by atoms with Gasteiger partial charge in [-0.1, -0.05) is 18.2 Å². The van der Waals surface area contributed by atoms with Gasteiger partial charge in [-0.3, -0.25) is 9.69 Å². The second-order valence-electron chi connectivity index (χ2n) is 4.52. The number of nitrogens with zero attached hydrogens (tertiary/aromatic N) is 1. The van der Waals surface area contributed by atoms with Crippen LogP contribution >= 0.6 is 0 Å². The average Bonchev–Trinajstić information content (AvgIpc) is 2.39. The summed E-state index contributed by atoms with van der Waals surface area (Å²) in [6, 6.07) is 9.04. The molecule has 1 aliphatic rings. The quantitative estimate of drug-likeness (QED) is 0.775. The maximum absolute atomic E-state index is 11.3. The van der Waals surface area contributed by atoms with Crippen molar-refractivity contribution in [3.63, 3.8) is 0 Å². The monoisotopic (exact) mass is 264 g/mol. The Labute approximate surface area is 110 Å². The van der Waals surface area contributed by atoms with Gasteiger partial charge in [0.2, 0.25) is 0 Å². The second kappa shape index (κ2) is 5.60. The summed E-state index contributed by atoms with van der Waals surface area (Å²) in [6.45, 7) is 0.351. The van der Waals surface area contributed by atoms with Crippen LogP contribution in [0, 0.1) is 5.92 Å². The van der Waals surface area contributed by atoms with Gasteiger partial charge in [0.15, 0.2) is 0 Å². The van der Waals surface area contributed by atoms with Crippen molar-refractivity contribution in [2.24, 2.45) is 5.92 Å². The van der Waals surface area contributed by atoms with Gasteiger partial charge in [0.1, 0.15) is 6.17 Å². The Morgan fingerprint density at radius 2 is 1.89 bits per heavy atom. The van der Waals surface area contributed by atoms with Gasteiger partial charge >= 0.3 is 12.1 Å². The summed E-state index contributed by atoms with van der Waals surface area (Å²) in [5.74, 6) is -1.70. The van der Waals surface area contributed by atoms with Crippen molar-refractivity contribution >= 4 is 17.7 Å². The summed E-state index contributed by atoms with van der Waals surface area (Å²) in [6.07, 6.45) is -0.787. The second-order valence-corrected chi connectivity index (χ2v) is 4.52. The van der Waals surface area contributed by atoms with Crippen LogP contribution in [0.5, 0.6) is 0 Å². The van der Waals surface area contributed by atoms with Crippen LogP contribution in [-0.2, 0) is 4.79 Å². The third-order valence-electron chi connectivity index (χ3n) is 3.28. The van der Waals surface area contributed by atoms with Crippen molar-refractivity contribution in [1.29, 1.82) is 0 Å². The number of carboxylic acid groups (broad SMARTS) is 2. The highest BCUT2D eigenvalue weighted by atomic mass is 16.4. The average molecular weight is 264 g/mol. The highest BCUT2D eigenvalue weighted by Crippen LogP contribution is 2.25. The van der Waals surface area contributed by atoms with Gasteiger partial charge in [0.25, 0.3) is 0 Å². The minimum absolute atomic E-state index is 0.351. The molecule has 0 radical (unpaired) electrons. The fraction of sp³-hybridized carbons (Fsp3) is 0.385. The molecule has 0 aromatic heterocycles. The Balaban J connectivity index is 2.22. The molecule has 6 heteroatoms. The molecule has 1 fully saturated rings. The summed E-state index contributed by atoms with van der Waals surface area (Å²) in [5.41, 5.74) is 0.715. The summed E-state index contributed by atoms with van der Waals surface area (Å²) >= 11 is 0. The lowest BCUT2D eigenvalue weighted by Gasteiger charge is -2.38. The number of hydrogen-bond donors (Lipinski definition) is 3. The van der Waals surface area contributed by atoms with Crippen molar-refractivity contribution in [2.45, 2.75) is 19.0 Å². The van der Waals surface area contributed by atoms with Crippen LogP contribution in [0.15, 0.2) is 30.3 Å². The Hall–Kier alpha value is -2.24. The van der Waals surface area contributed by atoms with E-state index < -0.39 is 24.1 Å². The van der Waals surface area contributed by atoms with Crippen LogP contribution in [-0.4, -0.2) is 39.9 Å². The van der Waals surface area contributed by atoms with Gasteiger partial charge in [-0.2, -0.15) is 0 Å². The molecule has 1 heterocycles. The van der Waals surface area contributed by atoms with Gasteiger partial charge in [0, 0.05) is 12.2 Å². The number of rotatable bonds is 3. The maximum Gasteiger partial charge on any atom is 0.408 e. The molecular weight excluding hydrogens is 248 g/mol. The highest BCUT2D eigenvalue weighted by Gasteiger charge is 2.38. The third kappa shape index (κ3) is 2.96. The van der Waals surface area contributed by atoms with E-state index in [0.717, 1.165) is 4.90 Å². The Kier molecular flexibility index (Phi) is 3.89. The predicted octanol–water partition coefficient (Wildman–Crippen LogP) is 1.90. The molecule has 1 amide bonds. The first-order valence-corrected chi connectivity index (χ1v) is 6.13. The number of anilines is 1. The maximum atomic E-state index is 11.3. The molecule has 0 saturated carbocycles. The standard InChI is InChI=1S/C13H16N2O4/c16-12(17)10-7-4-8-15(13(18)19)11(10)14-9-5-2-1-3-6-9/h1-3,5-6,10-11,14H,4,7-8H2,(H,16,17)(H,18,19). The third-order valence-corrected chi connectivity index (χ3v) is 3.28. The molecule has 2 unspecified atom stereocenters. The SMILES string of the molecule is O=C(O)C1CCCN(C(=O)O)C1Nc1ccccc1. The molecule has 2 atom stereocenters. The molecule has 1 saturated heterocycles. The number of carboxylic acids is 1. The smallest absolute Gasteiger partial charge is 0.408 e. The van der Waals surface area contributed by atoms with Crippen LogP contribution in [0.4, 0.5) is 10.5 Å². The number of aliphatic carboxylic acids is 1. The zero-order valence-electron chi connectivity index (χ0n) is 10.3. The van der Waals surface area contributed by atoms with E-state index in [0.29, 0.717) is 25.1 Å². The van der Waals surface area contributed by atoms with Crippen molar-refractivity contribution in [3.8, 4) is 0 Å². The molecule has 0 aliphatic carbocycles. The van der Waals surface area contributed by atoms with Gasteiger partial charge < -0.3 is 15.5 Å². The van der Waals surface area contributed by atoms with E-state index in [-0.39, 0.29) is 0 Å². The number of likely N-dealkylation sites (tertiary alicyclic amines) is 1. The first-order chi connectivity index (χ1) is 9.09. The van der Waals surface area contributed by atoms with E-state index in [1.54, 1.807) is 12.1 Å². The Morgan fingerprint density at radius 3 is 2.47 bits per heavy atom. The van der Waals surface area contributed by atoms with Crippen LogP contribution in [0.1, 0.15) is 12.8 Å². The number of nitrogens with one attached hydrogen (secondary N) is 1. The summed E-state index contributed by atoms with van der Waals surface area (Å²) in [5, 5.41) is 21.4. The molecule has 0 bridgehead atoms. The van der Waals surface area contributed by atoms with Crippen molar-refractivity contribution in [3.05, 3.63) is 30.3 Å². The summed E-state index contributed by atoms with van der Waals surface area (Å²) < 4.78 is 0. The van der Waals surface area contributed by atoms with Gasteiger partial charge in [-0.15, -0.1) is 0 Å². The number of benzene rings is 1. The topological polar surface area (TPSA) is 89.9 Å². The van der Waals surface area contributed by atoms with Crippen molar-refractivity contribution < 1.29 is 19.8 Å². The van der Waals surface area contributed by atoms with E-state index in [1.807, 2.05) is 18.2 Å². The van der Waals surface area contributed by atoms with Crippen LogP contribution < -0.4 is 5.32 Å². The number of piperidine rings is 1. The fourth-order valence-electron chi connectivity index (χ4n) is 2.35. The van der Waals surface area contributed by atoms with Crippen LogP contribution in [0.25, 0.3) is 0 Å². The molecule has 0 spiro atoms. The van der Waals surface area contributed by atoms with Gasteiger partial charge in [-0.05, 0) is 25.0 Å². The van der Waals surface area contributed by atoms with E-state index in [2.05, 4.69) is 5.32 Å². The molecule has 1 aromatic rings. The molecule has 1 aliphatic heterocycles. The number of carbonyl (C=O) groups is 2. The minimum atomic E-state index is -1.10. The van der Waals surface area contributed by atoms with E-state index in [9.17, 15) is 19.8 Å². The van der Waals surface area contributed by atoms with Crippen LogP contribution in [0.3, 0.4) is 0 Å². The molecule has 1 aromatic carbocycles. The molecule has 102 valence electrons. The lowest BCUT2D eigenvalue weighted by atomic mass is 9.94. The molecule has 2 rings (SSSR count). The molecular formula is C13H16N2O4. The lowest BCUT2D eigenvalue weighted by molar-refractivity contribution is -0.144. The van der Waals surface area contributed by atoms with Gasteiger partial charge in [0.05, 0.1) is 5.92 Å². The first kappa shape index (κ1) is 13.2. The van der Waals surface area contributed by atoms with E-state index >= 15 is 0 Å². The summed E-state index contributed by atoms with van der Waals surface area (Å²) in [7, 11) is 0. The molecule has 3 N–H and O–H groups in total. The first-order valence-electron chi connectivity index (χ1n) is 6.13. The minimum Gasteiger partial charge on any atom is -0.481 e. The Bertz CT molecular complexity index is 441. The van der Waals surface area contributed by atoms with Gasteiger partial charge in [-0.25, -0.2) is 4.79 Å². The normalized spacial score (nSPS) is 22.8. The van der Waals surface area contributed by atoms with E-state index in [4.69, 9.17) is 0 Å². The predicted molar refractivity (Wildman–Crippen MR) is 68.9 cm³/mol. The lowest BCUT2D eigenvalue weighted by Crippen LogP contribution is -2.54. The van der Waals surface area contributed by atoms with E-state index in [1.165, 1.54) is 0 Å². The molecule has 19 heavy (non-hydrogen) atoms. The largest absolute Gasteiger partial charge is 0.481 e. The number of amides is 1. The van der Waals surface area contributed by atoms with Crippen molar-refractivity contribution in [2.75, 3.05) is 11.9 Å². The zero-order valence-corrected chi connectivity index (χ0v) is 10.3. The number of hydrogen-bond acceptors (Lipinski definition) is 3. The summed E-state index contributed by atoms with van der Waals surface area (Å²) in [4.78, 5) is 23.6. The zero-order chi connectivity index (χ0) is 13.8.